The Balaban J connectivity index is 2.63. The maximum Gasteiger partial charge on any atom is 0.232 e. The summed E-state index contributed by atoms with van der Waals surface area (Å²) in [5.41, 5.74) is 6.19. The lowest BCUT2D eigenvalue weighted by Gasteiger charge is -2.02. The minimum absolute atomic E-state index is 0.0337. The fraction of sp³-hybridized carbons (Fsp3) is 0.250. The van der Waals surface area contributed by atoms with E-state index in [4.69, 9.17) is 15.9 Å². The van der Waals surface area contributed by atoms with Gasteiger partial charge in [0, 0.05) is 12.4 Å². The lowest BCUT2D eigenvalue weighted by Crippen LogP contribution is -2.03. The summed E-state index contributed by atoms with van der Waals surface area (Å²) in [6, 6.07) is 5.41. The van der Waals surface area contributed by atoms with Crippen molar-refractivity contribution in [2.75, 3.05) is 6.61 Å². The Kier molecular flexibility index (Phi) is 3.37. The third-order valence-corrected chi connectivity index (χ3v) is 2.68. The Bertz CT molecular complexity index is 660. The van der Waals surface area contributed by atoms with Crippen LogP contribution in [-0.4, -0.2) is 22.2 Å². The van der Waals surface area contributed by atoms with Gasteiger partial charge < -0.3 is 20.1 Å². The number of nitrogens with two attached hydrogens (primary N) is 1. The molecule has 0 fully saturated rings. The van der Waals surface area contributed by atoms with E-state index in [1.54, 1.807) is 17.7 Å². The topological polar surface area (TPSA) is 109 Å². The molecule has 1 heterocycles. The fourth-order valence-electron chi connectivity index (χ4n) is 1.85. The van der Waals surface area contributed by atoms with Gasteiger partial charge in [0.05, 0.1) is 12.1 Å². The highest BCUT2D eigenvalue weighted by Crippen LogP contribution is 2.39. The molecule has 2 aromatic rings. The molecule has 2 rings (SSSR count). The first-order chi connectivity index (χ1) is 9.04. The van der Waals surface area contributed by atoms with E-state index in [2.05, 4.69) is 10.2 Å². The highest BCUT2D eigenvalue weighted by molar-refractivity contribution is 5.96. The molecule has 0 bridgehead atoms. The van der Waals surface area contributed by atoms with Crippen molar-refractivity contribution in [3.63, 3.8) is 0 Å². The third-order valence-electron chi connectivity index (χ3n) is 2.68. The minimum Gasteiger partial charge on any atom is -0.494 e. The predicted octanol–water partition coefficient (Wildman–Crippen LogP) is 2.26. The molecule has 1 aromatic carbocycles. The van der Waals surface area contributed by atoms with Crippen molar-refractivity contribution in [2.45, 2.75) is 6.92 Å². The molecule has 19 heavy (non-hydrogen) atoms. The van der Waals surface area contributed by atoms with Crippen LogP contribution in [-0.2, 0) is 7.05 Å². The molecule has 0 unspecified atom stereocenters. The number of ether oxygens (including phenoxy) is 1. The zero-order valence-corrected chi connectivity index (χ0v) is 10.7. The van der Waals surface area contributed by atoms with Gasteiger partial charge in [0.15, 0.2) is 5.69 Å². The number of nitrogens with zero attached hydrogens (tertiary/aromatic N) is 3. The molecule has 4 N–H and O–H groups in total. The smallest absolute Gasteiger partial charge is 0.232 e. The first kappa shape index (κ1) is 12.9. The maximum atomic E-state index is 10.0. The van der Waals surface area contributed by atoms with Crippen LogP contribution in [0.1, 0.15) is 6.92 Å². The largest absolute Gasteiger partial charge is 0.494 e. The standard InChI is InChI=1S/C12H15N5O2/c1-3-19-7-4-5-9-8(6-7)10(11(18)17(9)2)15-16-12(13)14/h4-6,18H,3H2,1-2H3,(H3,13,14). The third kappa shape index (κ3) is 2.35. The van der Waals surface area contributed by atoms with Gasteiger partial charge >= 0.3 is 0 Å². The van der Waals surface area contributed by atoms with E-state index in [9.17, 15) is 5.11 Å². The Labute approximate surface area is 109 Å². The molecule has 0 radical (unpaired) electrons. The minimum atomic E-state index is -0.419. The number of azo groups is 1. The molecule has 7 nitrogen and oxygen atoms in total. The first-order valence-electron chi connectivity index (χ1n) is 5.74. The van der Waals surface area contributed by atoms with Crippen LogP contribution >= 0.6 is 0 Å². The van der Waals surface area contributed by atoms with Crippen molar-refractivity contribution in [1.82, 2.24) is 4.57 Å². The van der Waals surface area contributed by atoms with Gasteiger partial charge in [0.1, 0.15) is 5.75 Å². The summed E-state index contributed by atoms with van der Waals surface area (Å²) < 4.78 is 7.00. The van der Waals surface area contributed by atoms with Gasteiger partial charge in [0.2, 0.25) is 11.8 Å². The van der Waals surface area contributed by atoms with Gasteiger partial charge in [0.25, 0.3) is 0 Å². The zero-order chi connectivity index (χ0) is 14.0. The first-order valence-corrected chi connectivity index (χ1v) is 5.74. The lowest BCUT2D eigenvalue weighted by atomic mass is 10.2. The summed E-state index contributed by atoms with van der Waals surface area (Å²) >= 11 is 0. The monoisotopic (exact) mass is 261 g/mol. The molecule has 0 amide bonds. The molecule has 0 aliphatic heterocycles. The highest BCUT2D eigenvalue weighted by atomic mass is 16.5. The second-order valence-corrected chi connectivity index (χ2v) is 3.93. The zero-order valence-electron chi connectivity index (χ0n) is 10.7. The normalized spacial score (nSPS) is 11.3. The van der Waals surface area contributed by atoms with Crippen LogP contribution in [0.2, 0.25) is 0 Å². The van der Waals surface area contributed by atoms with Crippen molar-refractivity contribution in [3.05, 3.63) is 18.2 Å². The van der Waals surface area contributed by atoms with E-state index < -0.39 is 5.96 Å². The summed E-state index contributed by atoms with van der Waals surface area (Å²) in [5.74, 6) is 0.228. The van der Waals surface area contributed by atoms with Gasteiger partial charge in [-0.1, -0.05) is 0 Å². The molecule has 0 spiro atoms. The van der Waals surface area contributed by atoms with Gasteiger partial charge in [-0.15, -0.1) is 10.2 Å². The molecule has 0 atom stereocenters. The van der Waals surface area contributed by atoms with Crippen molar-refractivity contribution >= 4 is 22.5 Å². The summed E-state index contributed by atoms with van der Waals surface area (Å²) in [6.45, 7) is 2.44. The Morgan fingerprint density at radius 1 is 1.53 bits per heavy atom. The Morgan fingerprint density at radius 2 is 2.26 bits per heavy atom. The van der Waals surface area contributed by atoms with Gasteiger partial charge in [-0.3, -0.25) is 5.41 Å². The highest BCUT2D eigenvalue weighted by Gasteiger charge is 2.15. The number of aromatic hydroxyl groups is 1. The van der Waals surface area contributed by atoms with Crippen LogP contribution in [0.5, 0.6) is 11.6 Å². The maximum absolute atomic E-state index is 10.0. The quantitative estimate of drug-likeness (QED) is 0.448. The van der Waals surface area contributed by atoms with Crippen LogP contribution < -0.4 is 10.5 Å². The molecule has 0 aliphatic carbocycles. The SMILES string of the molecule is CCOc1ccc2c(c1)c(N=NC(=N)N)c(O)n2C. The number of rotatable bonds is 3. The van der Waals surface area contributed by atoms with Gasteiger partial charge in [-0.05, 0) is 25.1 Å². The van der Waals surface area contributed by atoms with E-state index in [-0.39, 0.29) is 11.6 Å². The summed E-state index contributed by atoms with van der Waals surface area (Å²) in [6.07, 6.45) is 0. The number of aryl methyl sites for hydroxylation is 1. The summed E-state index contributed by atoms with van der Waals surface area (Å²) in [7, 11) is 1.71. The van der Waals surface area contributed by atoms with Crippen molar-refractivity contribution in [2.24, 2.45) is 23.0 Å². The number of hydrogen-bond acceptors (Lipinski definition) is 4. The summed E-state index contributed by atoms with van der Waals surface area (Å²) in [5, 5.41) is 25.0. The van der Waals surface area contributed by atoms with Gasteiger partial charge in [-0.2, -0.15) is 0 Å². The molecule has 1 aromatic heterocycles. The number of aromatic nitrogens is 1. The molecule has 100 valence electrons. The van der Waals surface area contributed by atoms with Crippen LogP contribution in [0.15, 0.2) is 28.4 Å². The van der Waals surface area contributed by atoms with Crippen molar-refractivity contribution < 1.29 is 9.84 Å². The Hall–Kier alpha value is -2.57. The van der Waals surface area contributed by atoms with E-state index in [0.29, 0.717) is 17.7 Å². The second kappa shape index (κ2) is 4.97. The van der Waals surface area contributed by atoms with Crippen LogP contribution in [0.25, 0.3) is 10.9 Å². The molecule has 0 saturated carbocycles. The molecule has 0 saturated heterocycles. The number of fused-ring (bicyclic) bond motifs is 1. The van der Waals surface area contributed by atoms with E-state index in [0.717, 1.165) is 5.52 Å². The van der Waals surface area contributed by atoms with E-state index in [1.807, 2.05) is 19.1 Å². The van der Waals surface area contributed by atoms with E-state index >= 15 is 0 Å². The number of guanidine groups is 1. The Morgan fingerprint density at radius 3 is 2.89 bits per heavy atom. The molecule has 0 aliphatic rings. The second-order valence-electron chi connectivity index (χ2n) is 3.93. The van der Waals surface area contributed by atoms with Crippen molar-refractivity contribution in [3.8, 4) is 11.6 Å². The number of nitrogens with one attached hydrogen (secondary N) is 1. The average Bonchev–Trinajstić information content (AvgIpc) is 2.60. The average molecular weight is 261 g/mol. The van der Waals surface area contributed by atoms with E-state index in [1.165, 1.54) is 0 Å². The predicted molar refractivity (Wildman–Crippen MR) is 72.2 cm³/mol. The lowest BCUT2D eigenvalue weighted by molar-refractivity contribution is 0.340. The molecule has 7 heteroatoms. The van der Waals surface area contributed by atoms with Crippen molar-refractivity contribution in [1.29, 1.82) is 5.41 Å². The molecular formula is C12H15N5O2. The van der Waals surface area contributed by atoms with Crippen LogP contribution in [0.3, 0.4) is 0 Å². The van der Waals surface area contributed by atoms with Crippen LogP contribution in [0, 0.1) is 5.41 Å². The van der Waals surface area contributed by atoms with Crippen LogP contribution in [0.4, 0.5) is 5.69 Å². The number of benzene rings is 1. The summed E-state index contributed by atoms with van der Waals surface area (Å²) in [4.78, 5) is 0. The molecular weight excluding hydrogens is 246 g/mol. The number of hydrogen-bond donors (Lipinski definition) is 3. The fourth-order valence-corrected chi connectivity index (χ4v) is 1.85. The van der Waals surface area contributed by atoms with Gasteiger partial charge in [-0.25, -0.2) is 0 Å².